The second kappa shape index (κ2) is 8.00. The average Bonchev–Trinajstić information content (AvgIpc) is 2.58. The van der Waals surface area contributed by atoms with Gasteiger partial charge in [0, 0.05) is 18.4 Å². The van der Waals surface area contributed by atoms with E-state index in [4.69, 9.17) is 0 Å². The van der Waals surface area contributed by atoms with Gasteiger partial charge < -0.3 is 4.90 Å². The van der Waals surface area contributed by atoms with Crippen LogP contribution in [0.5, 0.6) is 0 Å². The van der Waals surface area contributed by atoms with Crippen LogP contribution < -0.4 is 4.90 Å². The fourth-order valence-electron chi connectivity index (χ4n) is 1.99. The second-order valence-corrected chi connectivity index (χ2v) is 4.66. The van der Waals surface area contributed by atoms with Crippen LogP contribution in [0, 0.1) is 0 Å². The highest BCUT2D eigenvalue weighted by molar-refractivity contribution is 5.61. The predicted molar refractivity (Wildman–Crippen MR) is 88.5 cm³/mol. The molecule has 0 heterocycles. The van der Waals surface area contributed by atoms with Gasteiger partial charge in [-0.3, -0.25) is 0 Å². The van der Waals surface area contributed by atoms with E-state index in [1.807, 2.05) is 12.1 Å². The van der Waals surface area contributed by atoms with Crippen LogP contribution in [0.1, 0.15) is 12.8 Å². The molecule has 0 aliphatic heterocycles. The number of nitrogens with zero attached hydrogens (tertiary/aromatic N) is 1. The first-order chi connectivity index (χ1) is 9.88. The molecule has 1 aliphatic rings. The third kappa shape index (κ3) is 4.43. The van der Waals surface area contributed by atoms with E-state index in [-0.39, 0.29) is 0 Å². The second-order valence-electron chi connectivity index (χ2n) is 4.66. The van der Waals surface area contributed by atoms with E-state index in [0.29, 0.717) is 0 Å². The van der Waals surface area contributed by atoms with E-state index in [0.717, 1.165) is 0 Å². The van der Waals surface area contributed by atoms with Gasteiger partial charge in [0.05, 0.1) is 0 Å². The third-order valence-electron chi connectivity index (χ3n) is 3.17. The average molecular weight is 263 g/mol. The van der Waals surface area contributed by atoms with Crippen LogP contribution in [0.25, 0.3) is 0 Å². The van der Waals surface area contributed by atoms with Gasteiger partial charge in [0.2, 0.25) is 0 Å². The highest BCUT2D eigenvalue weighted by Gasteiger charge is 2.00. The largest absolute Gasteiger partial charge is 0.345 e. The summed E-state index contributed by atoms with van der Waals surface area (Å²) in [6.07, 6.45) is 11.0. The smallest absolute Gasteiger partial charge is 0.0408 e. The molecule has 1 nitrogen and oxygen atoms in total. The maximum Gasteiger partial charge on any atom is 0.0408 e. The Bertz CT molecular complexity index is 489. The molecule has 0 fully saturated rings. The van der Waals surface area contributed by atoms with Crippen LogP contribution in [0.2, 0.25) is 0 Å². The van der Waals surface area contributed by atoms with Gasteiger partial charge >= 0.3 is 0 Å². The van der Waals surface area contributed by atoms with Gasteiger partial charge in [-0.15, -0.1) is 0 Å². The molecule has 0 aromatic heterocycles. The molecule has 0 saturated carbocycles. The van der Waals surface area contributed by atoms with Gasteiger partial charge in [-0.25, -0.2) is 0 Å². The molecular weight excluding hydrogens is 242 g/mol. The lowest BCUT2D eigenvalue weighted by atomic mass is 10.2. The van der Waals surface area contributed by atoms with Crippen LogP contribution in [0.4, 0.5) is 11.4 Å². The van der Waals surface area contributed by atoms with E-state index in [2.05, 4.69) is 84.8 Å². The number of allylic oxidation sites excluding steroid dienone is 4. The van der Waals surface area contributed by atoms with Crippen molar-refractivity contribution in [1.29, 1.82) is 0 Å². The van der Waals surface area contributed by atoms with E-state index >= 15 is 0 Å². The zero-order valence-corrected chi connectivity index (χ0v) is 11.9. The summed E-state index contributed by atoms with van der Waals surface area (Å²) in [5.41, 5.74) is 2.41. The van der Waals surface area contributed by atoms with Crippen LogP contribution in [0.3, 0.4) is 0 Å². The number of hydrogen-bond donors (Lipinski definition) is 0. The van der Waals surface area contributed by atoms with Crippen LogP contribution in [-0.4, -0.2) is 7.05 Å². The highest BCUT2D eigenvalue weighted by atomic mass is 15.1. The van der Waals surface area contributed by atoms with Crippen molar-refractivity contribution < 1.29 is 0 Å². The summed E-state index contributed by atoms with van der Waals surface area (Å²) >= 11 is 0. The summed E-state index contributed by atoms with van der Waals surface area (Å²) in [5.74, 6) is 0. The first kappa shape index (κ1) is 14.1. The maximum atomic E-state index is 2.18. The Hall–Kier alpha value is -2.28. The SMILES string of the molecule is C1=CCCC=C1.CN(c1ccccc1)c1ccccc1. The predicted octanol–water partition coefficient (Wildman–Crippen LogP) is 5.35. The molecule has 0 N–H and O–H groups in total. The van der Waals surface area contributed by atoms with Gasteiger partial charge in [-0.2, -0.15) is 0 Å². The molecule has 0 spiro atoms. The number of benzene rings is 2. The molecule has 0 unspecified atom stereocenters. The number of anilines is 2. The van der Waals surface area contributed by atoms with Crippen LogP contribution in [0.15, 0.2) is 85.0 Å². The molecule has 1 heteroatoms. The summed E-state index contributed by atoms with van der Waals surface area (Å²) in [7, 11) is 2.07. The van der Waals surface area contributed by atoms with Crippen LogP contribution >= 0.6 is 0 Å². The highest BCUT2D eigenvalue weighted by Crippen LogP contribution is 2.21. The molecule has 3 rings (SSSR count). The summed E-state index contributed by atoms with van der Waals surface area (Å²) in [6.45, 7) is 0. The van der Waals surface area contributed by atoms with Crippen molar-refractivity contribution in [3.05, 3.63) is 85.0 Å². The molecule has 0 saturated heterocycles. The summed E-state index contributed by atoms with van der Waals surface area (Å²) in [4.78, 5) is 2.17. The van der Waals surface area contributed by atoms with Gasteiger partial charge in [0.15, 0.2) is 0 Å². The zero-order valence-electron chi connectivity index (χ0n) is 11.9. The lowest BCUT2D eigenvalue weighted by Crippen LogP contribution is -2.08. The Labute approximate surface area is 121 Å². The fourth-order valence-corrected chi connectivity index (χ4v) is 1.99. The summed E-state index contributed by atoms with van der Waals surface area (Å²) in [6, 6.07) is 20.7. The fraction of sp³-hybridized carbons (Fsp3) is 0.158. The molecule has 0 atom stereocenters. The molecule has 0 radical (unpaired) electrons. The Morgan fingerprint density at radius 3 is 1.35 bits per heavy atom. The van der Waals surface area contributed by atoms with E-state index in [9.17, 15) is 0 Å². The topological polar surface area (TPSA) is 3.24 Å². The lowest BCUT2D eigenvalue weighted by molar-refractivity contribution is 1.04. The standard InChI is InChI=1S/C13H13N.C6H8/c1-14(12-8-4-2-5-9-12)13-10-6-3-7-11-13;1-2-4-6-5-3-1/h2-11H,1H3;1-4H,5-6H2. The lowest BCUT2D eigenvalue weighted by Gasteiger charge is -2.18. The molecule has 102 valence electrons. The van der Waals surface area contributed by atoms with Crippen LogP contribution in [-0.2, 0) is 0 Å². The Morgan fingerprint density at radius 2 is 1.05 bits per heavy atom. The maximum absolute atomic E-state index is 2.18. The monoisotopic (exact) mass is 263 g/mol. The number of para-hydroxylation sites is 2. The van der Waals surface area contributed by atoms with Gasteiger partial charge in [-0.05, 0) is 37.1 Å². The van der Waals surface area contributed by atoms with Gasteiger partial charge in [0.1, 0.15) is 0 Å². The number of hydrogen-bond acceptors (Lipinski definition) is 1. The van der Waals surface area contributed by atoms with Crippen molar-refractivity contribution >= 4 is 11.4 Å². The first-order valence-electron chi connectivity index (χ1n) is 7.03. The van der Waals surface area contributed by atoms with Crippen molar-refractivity contribution in [2.24, 2.45) is 0 Å². The zero-order chi connectivity index (χ0) is 14.0. The third-order valence-corrected chi connectivity index (χ3v) is 3.17. The molecular formula is C19H21N. The van der Waals surface area contributed by atoms with E-state index in [1.165, 1.54) is 24.2 Å². The molecule has 2 aromatic rings. The quantitative estimate of drug-likeness (QED) is 0.706. The van der Waals surface area contributed by atoms with Gasteiger partial charge in [-0.1, -0.05) is 60.7 Å². The van der Waals surface area contributed by atoms with Crippen molar-refractivity contribution in [1.82, 2.24) is 0 Å². The Morgan fingerprint density at radius 1 is 0.650 bits per heavy atom. The minimum Gasteiger partial charge on any atom is -0.345 e. The molecule has 1 aliphatic carbocycles. The molecule has 2 aromatic carbocycles. The summed E-state index contributed by atoms with van der Waals surface area (Å²) < 4.78 is 0. The van der Waals surface area contributed by atoms with Crippen molar-refractivity contribution in [2.75, 3.05) is 11.9 Å². The minimum absolute atomic E-state index is 1.21. The van der Waals surface area contributed by atoms with Crippen molar-refractivity contribution in [3.63, 3.8) is 0 Å². The molecule has 20 heavy (non-hydrogen) atoms. The Balaban J connectivity index is 0.000000205. The normalized spacial score (nSPS) is 12.4. The van der Waals surface area contributed by atoms with Crippen molar-refractivity contribution in [3.8, 4) is 0 Å². The molecule has 0 bridgehead atoms. The Kier molecular flexibility index (Phi) is 5.66. The molecule has 0 amide bonds. The minimum atomic E-state index is 1.21. The summed E-state index contributed by atoms with van der Waals surface area (Å²) in [5, 5.41) is 0. The first-order valence-corrected chi connectivity index (χ1v) is 7.03. The number of rotatable bonds is 2. The van der Waals surface area contributed by atoms with E-state index in [1.54, 1.807) is 0 Å². The van der Waals surface area contributed by atoms with Gasteiger partial charge in [0.25, 0.3) is 0 Å². The van der Waals surface area contributed by atoms with E-state index < -0.39 is 0 Å². The van der Waals surface area contributed by atoms with Crippen molar-refractivity contribution in [2.45, 2.75) is 12.8 Å².